The van der Waals surface area contributed by atoms with Crippen molar-refractivity contribution in [1.82, 2.24) is 10.6 Å². The maximum Gasteiger partial charge on any atom is 0.414 e. The van der Waals surface area contributed by atoms with Crippen molar-refractivity contribution in [2.45, 2.75) is 71.1 Å². The highest BCUT2D eigenvalue weighted by Crippen LogP contribution is 2.35. The lowest BCUT2D eigenvalue weighted by Crippen LogP contribution is -2.49. The number of hydrogen-bond acceptors (Lipinski definition) is 7. The Morgan fingerprint density at radius 2 is 1.90 bits per heavy atom. The van der Waals surface area contributed by atoms with Crippen LogP contribution >= 0.6 is 0 Å². The largest absolute Gasteiger partial charge is 0.444 e. The van der Waals surface area contributed by atoms with Crippen LogP contribution in [0.2, 0.25) is 0 Å². The van der Waals surface area contributed by atoms with Gasteiger partial charge in [-0.25, -0.2) is 4.79 Å². The lowest BCUT2D eigenvalue weighted by molar-refractivity contribution is -0.384. The molecule has 2 amide bonds. The molecule has 0 aromatic heterocycles. The van der Waals surface area contributed by atoms with Crippen molar-refractivity contribution in [2.75, 3.05) is 36.0 Å². The average Bonchev–Trinajstić information content (AvgIpc) is 2.95. The van der Waals surface area contributed by atoms with E-state index >= 15 is 0 Å². The number of nitrogens with zero attached hydrogens (tertiary/aromatic N) is 3. The summed E-state index contributed by atoms with van der Waals surface area (Å²) in [5.41, 5.74) is 2.51. The van der Waals surface area contributed by atoms with Crippen LogP contribution in [0.4, 0.5) is 21.9 Å². The lowest BCUT2D eigenvalue weighted by Gasteiger charge is -2.40. The number of fused-ring (bicyclic) bond motifs is 1. The number of unbranched alkanes of at least 4 members (excludes halogenated alkanes) is 2. The van der Waals surface area contributed by atoms with Crippen molar-refractivity contribution < 1.29 is 19.2 Å². The molecule has 210 valence electrons. The molecule has 2 aliphatic heterocycles. The second kappa shape index (κ2) is 13.4. The third-order valence-corrected chi connectivity index (χ3v) is 7.55. The molecule has 1 saturated heterocycles. The topological polar surface area (TPSA) is 117 Å². The zero-order valence-corrected chi connectivity index (χ0v) is 22.9. The van der Waals surface area contributed by atoms with Gasteiger partial charge in [-0.3, -0.25) is 19.8 Å². The summed E-state index contributed by atoms with van der Waals surface area (Å²) in [5.74, 6) is -0.328. The molecule has 0 spiro atoms. The molecule has 10 heteroatoms. The molecule has 0 saturated carbocycles. The number of carbonyl (C=O) groups excluding carboxylic acids is 2. The Hall–Kier alpha value is -3.66. The van der Waals surface area contributed by atoms with Gasteiger partial charge in [-0.1, -0.05) is 44.4 Å². The number of anilines is 2. The molecule has 1 fully saturated rings. The Morgan fingerprint density at radius 3 is 2.64 bits per heavy atom. The third-order valence-electron chi connectivity index (χ3n) is 7.55. The lowest BCUT2D eigenvalue weighted by atomic mass is 9.99. The molecule has 4 rings (SSSR count). The van der Waals surface area contributed by atoms with Gasteiger partial charge in [-0.15, -0.1) is 0 Å². The van der Waals surface area contributed by atoms with E-state index in [0.717, 1.165) is 17.7 Å². The number of nitro benzene ring substituents is 1. The number of hydrogen-bond donors (Lipinski definition) is 2. The van der Waals surface area contributed by atoms with E-state index in [4.69, 9.17) is 4.74 Å². The van der Waals surface area contributed by atoms with Crippen LogP contribution in [0, 0.1) is 10.1 Å². The van der Waals surface area contributed by atoms with Crippen molar-refractivity contribution in [3.8, 4) is 0 Å². The number of piperidine rings is 1. The molecule has 2 N–H and O–H groups in total. The van der Waals surface area contributed by atoms with Gasteiger partial charge in [-0.2, -0.15) is 0 Å². The van der Waals surface area contributed by atoms with Crippen LogP contribution in [0.15, 0.2) is 42.5 Å². The van der Waals surface area contributed by atoms with Crippen LogP contribution in [0.1, 0.15) is 68.3 Å². The highest BCUT2D eigenvalue weighted by molar-refractivity contribution is 5.96. The molecule has 39 heavy (non-hydrogen) atoms. The van der Waals surface area contributed by atoms with Crippen LogP contribution in [0.5, 0.6) is 0 Å². The van der Waals surface area contributed by atoms with Crippen LogP contribution in [0.3, 0.4) is 0 Å². The molecular formula is C29H39N5O5. The van der Waals surface area contributed by atoms with Crippen molar-refractivity contribution in [1.29, 1.82) is 0 Å². The van der Waals surface area contributed by atoms with E-state index in [-0.39, 0.29) is 35.9 Å². The summed E-state index contributed by atoms with van der Waals surface area (Å²) in [4.78, 5) is 40.5. The number of carbonyl (C=O) groups is 2. The number of amides is 2. The standard InChI is InChI=1S/C29H39N5O5/c1-3-4-5-8-21(2)30-15-16-31-28(35)22-11-12-26(27(19-22)34(37)38)32-17-13-24(14-18-32)33-25-10-7-6-9-23(25)20-39-29(33)36/h6-7,9-12,19,21,24,30H,3-5,8,13-18,20H2,1-2H3,(H,31,35). The van der Waals surface area contributed by atoms with E-state index in [0.29, 0.717) is 50.7 Å². The van der Waals surface area contributed by atoms with Gasteiger partial charge in [0.1, 0.15) is 12.3 Å². The Balaban J connectivity index is 1.34. The van der Waals surface area contributed by atoms with Gasteiger partial charge in [0.15, 0.2) is 0 Å². The molecule has 2 aliphatic rings. The van der Waals surface area contributed by atoms with Gasteiger partial charge in [0, 0.05) is 55.5 Å². The van der Waals surface area contributed by atoms with E-state index in [2.05, 4.69) is 24.5 Å². The summed E-state index contributed by atoms with van der Waals surface area (Å²) < 4.78 is 5.38. The number of cyclic esters (lactones) is 1. The number of nitrogens with one attached hydrogen (secondary N) is 2. The SMILES string of the molecule is CCCCCC(C)NCCNC(=O)c1ccc(N2CCC(N3C(=O)OCc4ccccc43)CC2)c([N+](=O)[O-])c1. The molecule has 2 aromatic rings. The fraction of sp³-hybridized carbons (Fsp3) is 0.517. The minimum atomic E-state index is -0.435. The minimum absolute atomic E-state index is 0.0534. The Morgan fingerprint density at radius 1 is 1.13 bits per heavy atom. The highest BCUT2D eigenvalue weighted by Gasteiger charge is 2.35. The fourth-order valence-electron chi connectivity index (χ4n) is 5.36. The molecular weight excluding hydrogens is 498 g/mol. The summed E-state index contributed by atoms with van der Waals surface area (Å²) in [6, 6.07) is 12.7. The molecule has 0 radical (unpaired) electrons. The highest BCUT2D eigenvalue weighted by atomic mass is 16.6. The predicted molar refractivity (Wildman–Crippen MR) is 151 cm³/mol. The number of nitro groups is 1. The van der Waals surface area contributed by atoms with Crippen LogP contribution in [-0.2, 0) is 11.3 Å². The van der Waals surface area contributed by atoms with E-state index in [1.54, 1.807) is 17.0 Å². The quantitative estimate of drug-likeness (QED) is 0.222. The summed E-state index contributed by atoms with van der Waals surface area (Å²) in [5, 5.41) is 18.2. The third kappa shape index (κ3) is 7.06. The average molecular weight is 538 g/mol. The first-order chi connectivity index (χ1) is 18.9. The molecule has 2 aromatic carbocycles. The van der Waals surface area contributed by atoms with Crippen molar-refractivity contribution in [3.05, 3.63) is 63.7 Å². The number of ether oxygens (including phenoxy) is 1. The van der Waals surface area contributed by atoms with E-state index in [9.17, 15) is 19.7 Å². The van der Waals surface area contributed by atoms with Gasteiger partial charge < -0.3 is 20.3 Å². The van der Waals surface area contributed by atoms with Crippen molar-refractivity contribution >= 4 is 29.1 Å². The summed E-state index contributed by atoms with van der Waals surface area (Å²) in [6.07, 6.45) is 5.63. The zero-order valence-electron chi connectivity index (χ0n) is 22.9. The first-order valence-corrected chi connectivity index (χ1v) is 14.0. The van der Waals surface area contributed by atoms with Gasteiger partial charge >= 0.3 is 6.09 Å². The van der Waals surface area contributed by atoms with E-state index < -0.39 is 4.92 Å². The smallest absolute Gasteiger partial charge is 0.414 e. The van der Waals surface area contributed by atoms with E-state index in [1.807, 2.05) is 29.2 Å². The van der Waals surface area contributed by atoms with E-state index in [1.165, 1.54) is 25.3 Å². The molecule has 1 atom stereocenters. The number of para-hydroxylation sites is 1. The maximum atomic E-state index is 12.7. The maximum absolute atomic E-state index is 12.7. The first kappa shape index (κ1) is 28.4. The van der Waals surface area contributed by atoms with Crippen molar-refractivity contribution in [3.63, 3.8) is 0 Å². The number of rotatable bonds is 12. The normalized spacial score (nSPS) is 16.4. The molecule has 0 aliphatic carbocycles. The fourth-order valence-corrected chi connectivity index (χ4v) is 5.36. The van der Waals surface area contributed by atoms with Crippen molar-refractivity contribution in [2.24, 2.45) is 0 Å². The Labute approximate surface area is 229 Å². The van der Waals surface area contributed by atoms with Crippen LogP contribution in [-0.4, -0.2) is 55.2 Å². The molecule has 2 heterocycles. The molecule has 1 unspecified atom stereocenters. The van der Waals surface area contributed by atoms with Gasteiger partial charge in [-0.05, 0) is 44.4 Å². The molecule has 0 bridgehead atoms. The van der Waals surface area contributed by atoms with Gasteiger partial charge in [0.2, 0.25) is 0 Å². The monoisotopic (exact) mass is 537 g/mol. The summed E-state index contributed by atoms with van der Waals surface area (Å²) in [7, 11) is 0. The predicted octanol–water partition coefficient (Wildman–Crippen LogP) is 5.01. The summed E-state index contributed by atoms with van der Waals surface area (Å²) in [6.45, 7) is 6.77. The summed E-state index contributed by atoms with van der Waals surface area (Å²) >= 11 is 0. The van der Waals surface area contributed by atoms with Gasteiger partial charge in [0.05, 0.1) is 10.6 Å². The second-order valence-corrected chi connectivity index (χ2v) is 10.3. The van der Waals surface area contributed by atoms with Crippen LogP contribution < -0.4 is 20.4 Å². The minimum Gasteiger partial charge on any atom is -0.444 e. The van der Waals surface area contributed by atoms with Crippen LogP contribution in [0.25, 0.3) is 0 Å². The Kier molecular flexibility index (Phi) is 9.75. The molecule has 10 nitrogen and oxygen atoms in total. The Bertz CT molecular complexity index is 1160. The second-order valence-electron chi connectivity index (χ2n) is 10.3. The zero-order chi connectivity index (χ0) is 27.8. The number of benzene rings is 2. The first-order valence-electron chi connectivity index (χ1n) is 14.0. The van der Waals surface area contributed by atoms with Gasteiger partial charge in [0.25, 0.3) is 11.6 Å².